The largest absolute Gasteiger partial charge is 0.447 e. The molecule has 3 heterocycles. The van der Waals surface area contributed by atoms with Crippen molar-refractivity contribution in [2.45, 2.75) is 56.6 Å². The van der Waals surface area contributed by atoms with Crippen LogP contribution in [0.3, 0.4) is 0 Å². The molecule has 2 aromatic rings. The summed E-state index contributed by atoms with van der Waals surface area (Å²) in [5.74, 6) is -0.600. The Hall–Kier alpha value is -3.28. The number of carbonyl (C=O) groups excluding carboxylic acids is 2. The van der Waals surface area contributed by atoms with Crippen molar-refractivity contribution >= 4 is 27.7 Å². The first-order valence-corrected chi connectivity index (χ1v) is 13.2. The van der Waals surface area contributed by atoms with Crippen molar-refractivity contribution in [3.8, 4) is 11.6 Å². The van der Waals surface area contributed by atoms with Gasteiger partial charge in [-0.25, -0.2) is 27.6 Å². The number of rotatable bonds is 5. The van der Waals surface area contributed by atoms with E-state index in [0.29, 0.717) is 43.7 Å². The molecule has 1 aromatic carbocycles. The van der Waals surface area contributed by atoms with Crippen LogP contribution in [0.1, 0.15) is 38.7 Å². The summed E-state index contributed by atoms with van der Waals surface area (Å²) >= 11 is 0. The third-order valence-corrected chi connectivity index (χ3v) is 7.04. The van der Waals surface area contributed by atoms with Crippen molar-refractivity contribution in [2.75, 3.05) is 24.2 Å². The molecule has 0 radical (unpaired) electrons. The van der Waals surface area contributed by atoms with Gasteiger partial charge in [-0.05, 0) is 51.3 Å². The Morgan fingerprint density at radius 3 is 2.51 bits per heavy atom. The quantitative estimate of drug-likeness (QED) is 0.607. The number of fused-ring (bicyclic) bond motifs is 1. The third kappa shape index (κ3) is 5.37. The van der Waals surface area contributed by atoms with Gasteiger partial charge < -0.3 is 14.4 Å². The van der Waals surface area contributed by atoms with E-state index in [1.54, 1.807) is 23.6 Å². The Morgan fingerprint density at radius 1 is 1.17 bits per heavy atom. The fraction of sp³-hybridized carbons (Fsp3) is 0.478. The number of ether oxygens (including phenoxy) is 2. The lowest BCUT2D eigenvalue weighted by molar-refractivity contribution is -0.119. The first kappa shape index (κ1) is 24.8. The van der Waals surface area contributed by atoms with Crippen LogP contribution in [0.25, 0.3) is 0 Å². The number of amides is 2. The van der Waals surface area contributed by atoms with Gasteiger partial charge in [-0.1, -0.05) is 0 Å². The highest BCUT2D eigenvalue weighted by molar-refractivity contribution is 7.90. The van der Waals surface area contributed by atoms with E-state index in [9.17, 15) is 22.4 Å². The minimum Gasteiger partial charge on any atom is -0.447 e. The second kappa shape index (κ2) is 9.76. The zero-order valence-electron chi connectivity index (χ0n) is 19.7. The number of hydrogen-bond acceptors (Lipinski definition) is 8. The average Bonchev–Trinajstić information content (AvgIpc) is 2.79. The highest BCUT2D eigenvalue weighted by atomic mass is 32.2. The predicted molar refractivity (Wildman–Crippen MR) is 124 cm³/mol. The van der Waals surface area contributed by atoms with E-state index in [0.717, 1.165) is 12.3 Å². The molecule has 2 amide bonds. The van der Waals surface area contributed by atoms with Crippen molar-refractivity contribution in [3.05, 3.63) is 35.9 Å². The fourth-order valence-corrected chi connectivity index (χ4v) is 4.86. The Bertz CT molecular complexity index is 1240. The maximum atomic E-state index is 14.6. The topological polar surface area (TPSA) is 119 Å². The van der Waals surface area contributed by atoms with Crippen LogP contribution in [0.15, 0.2) is 29.4 Å². The standard InChI is InChI=1S/C23H27FN4O6S/c1-14(2)33-23(30)27-10-8-15(9-11-27)28-20(29)7-5-17-21(28)25-13-26-22(17)34-19-6-4-16(12-18(19)24)35(3,31)32/h4,6,12-15H,5,7-11H2,1-3H3. The number of carbonyl (C=O) groups is 2. The Kier molecular flexibility index (Phi) is 6.93. The third-order valence-electron chi connectivity index (χ3n) is 5.93. The highest BCUT2D eigenvalue weighted by Crippen LogP contribution is 2.37. The van der Waals surface area contributed by atoms with Gasteiger partial charge in [0.2, 0.25) is 11.8 Å². The maximum absolute atomic E-state index is 14.6. The van der Waals surface area contributed by atoms with E-state index < -0.39 is 15.7 Å². The van der Waals surface area contributed by atoms with Crippen molar-refractivity contribution in [2.24, 2.45) is 0 Å². The average molecular weight is 507 g/mol. The van der Waals surface area contributed by atoms with Gasteiger partial charge >= 0.3 is 6.09 Å². The van der Waals surface area contributed by atoms with Crippen molar-refractivity contribution in [1.29, 1.82) is 0 Å². The molecule has 12 heteroatoms. The van der Waals surface area contributed by atoms with Crippen LogP contribution in [-0.4, -0.2) is 66.8 Å². The number of nitrogens with zero attached hydrogens (tertiary/aromatic N) is 4. The van der Waals surface area contributed by atoms with Crippen molar-refractivity contribution in [3.63, 3.8) is 0 Å². The molecule has 1 aromatic heterocycles. The number of aromatic nitrogens is 2. The van der Waals surface area contributed by atoms with Crippen LogP contribution in [0.2, 0.25) is 0 Å². The van der Waals surface area contributed by atoms with Crippen LogP contribution in [0.4, 0.5) is 15.0 Å². The SMILES string of the molecule is CC(C)OC(=O)N1CCC(N2C(=O)CCc3c(Oc4ccc(S(C)(=O)=O)cc4F)ncnc32)CC1. The summed E-state index contributed by atoms with van der Waals surface area (Å²) in [5, 5.41) is 0. The van der Waals surface area contributed by atoms with Gasteiger partial charge in [-0.2, -0.15) is 0 Å². The Balaban J connectivity index is 1.55. The van der Waals surface area contributed by atoms with E-state index in [-0.39, 0.29) is 47.1 Å². The fourth-order valence-electron chi connectivity index (χ4n) is 4.23. The van der Waals surface area contributed by atoms with E-state index in [2.05, 4.69) is 9.97 Å². The molecule has 0 atom stereocenters. The van der Waals surface area contributed by atoms with Crippen LogP contribution < -0.4 is 9.64 Å². The minimum atomic E-state index is -3.57. The molecule has 188 valence electrons. The van der Waals surface area contributed by atoms with E-state index in [1.807, 2.05) is 0 Å². The van der Waals surface area contributed by atoms with E-state index >= 15 is 0 Å². The molecule has 0 aliphatic carbocycles. The first-order valence-electron chi connectivity index (χ1n) is 11.3. The summed E-state index contributed by atoms with van der Waals surface area (Å²) in [4.78, 5) is 36.6. The van der Waals surface area contributed by atoms with Crippen LogP contribution in [0.5, 0.6) is 11.6 Å². The normalized spacial score (nSPS) is 16.9. The second-order valence-corrected chi connectivity index (χ2v) is 10.9. The van der Waals surface area contributed by atoms with E-state index in [4.69, 9.17) is 9.47 Å². The first-order chi connectivity index (χ1) is 16.5. The van der Waals surface area contributed by atoms with Gasteiger partial charge in [0.25, 0.3) is 0 Å². The lowest BCUT2D eigenvalue weighted by atomic mass is 9.98. The van der Waals surface area contributed by atoms with Gasteiger partial charge in [0.15, 0.2) is 21.4 Å². The summed E-state index contributed by atoms with van der Waals surface area (Å²) < 4.78 is 48.9. The molecule has 2 aliphatic rings. The second-order valence-electron chi connectivity index (χ2n) is 8.86. The molecule has 0 saturated carbocycles. The molecule has 4 rings (SSSR count). The molecule has 2 aliphatic heterocycles. The molecule has 0 unspecified atom stereocenters. The molecule has 1 fully saturated rings. The van der Waals surface area contributed by atoms with Gasteiger partial charge in [0.05, 0.1) is 16.6 Å². The van der Waals surface area contributed by atoms with Crippen LogP contribution >= 0.6 is 0 Å². The summed E-state index contributed by atoms with van der Waals surface area (Å²) in [6.07, 6.45) is 3.31. The lowest BCUT2D eigenvalue weighted by Crippen LogP contribution is -2.51. The number of sulfone groups is 1. The lowest BCUT2D eigenvalue weighted by Gasteiger charge is -2.40. The molecule has 0 N–H and O–H groups in total. The van der Waals surface area contributed by atoms with Gasteiger partial charge in [-0.15, -0.1) is 0 Å². The van der Waals surface area contributed by atoms with Crippen molar-refractivity contribution < 1.29 is 31.9 Å². The monoisotopic (exact) mass is 506 g/mol. The summed E-state index contributed by atoms with van der Waals surface area (Å²) in [6.45, 7) is 4.47. The predicted octanol–water partition coefficient (Wildman–Crippen LogP) is 3.10. The smallest absolute Gasteiger partial charge is 0.410 e. The number of halogens is 1. The van der Waals surface area contributed by atoms with Gasteiger partial charge in [0, 0.05) is 31.8 Å². The summed E-state index contributed by atoms with van der Waals surface area (Å²) in [7, 11) is -3.57. The molecule has 35 heavy (non-hydrogen) atoms. The van der Waals surface area contributed by atoms with Gasteiger partial charge in [-0.3, -0.25) is 9.69 Å². The zero-order chi connectivity index (χ0) is 25.3. The number of hydrogen-bond donors (Lipinski definition) is 0. The molecule has 0 spiro atoms. The van der Waals surface area contributed by atoms with E-state index in [1.165, 1.54) is 18.5 Å². The molecule has 1 saturated heterocycles. The molecular formula is C23H27FN4O6S. The minimum absolute atomic E-state index is 0.0888. The maximum Gasteiger partial charge on any atom is 0.410 e. The van der Waals surface area contributed by atoms with Crippen LogP contribution in [-0.2, 0) is 25.8 Å². The van der Waals surface area contributed by atoms with Crippen molar-refractivity contribution in [1.82, 2.24) is 14.9 Å². The molecule has 0 bridgehead atoms. The Morgan fingerprint density at radius 2 is 1.89 bits per heavy atom. The number of anilines is 1. The molecule has 10 nitrogen and oxygen atoms in total. The molecular weight excluding hydrogens is 479 g/mol. The van der Waals surface area contributed by atoms with Crippen LogP contribution in [0, 0.1) is 5.82 Å². The number of likely N-dealkylation sites (tertiary alicyclic amines) is 1. The highest BCUT2D eigenvalue weighted by Gasteiger charge is 2.36. The van der Waals surface area contributed by atoms with Gasteiger partial charge in [0.1, 0.15) is 12.1 Å². The number of benzene rings is 1. The Labute approximate surface area is 203 Å². The summed E-state index contributed by atoms with van der Waals surface area (Å²) in [5.41, 5.74) is 0.570. The zero-order valence-corrected chi connectivity index (χ0v) is 20.5. The number of piperidine rings is 1. The summed E-state index contributed by atoms with van der Waals surface area (Å²) in [6, 6.07) is 3.22.